The lowest BCUT2D eigenvalue weighted by Crippen LogP contribution is -2.34. The average Bonchev–Trinajstić information content (AvgIpc) is 2.75. The van der Waals surface area contributed by atoms with E-state index < -0.39 is 0 Å². The third kappa shape index (κ3) is 2.75. The first-order chi connectivity index (χ1) is 13.6. The largest absolute Gasteiger partial charge is 0.477 e. The van der Waals surface area contributed by atoms with E-state index in [1.165, 1.54) is 16.7 Å². The van der Waals surface area contributed by atoms with Gasteiger partial charge in [-0.2, -0.15) is 0 Å². The summed E-state index contributed by atoms with van der Waals surface area (Å²) < 4.78 is 11.9. The van der Waals surface area contributed by atoms with E-state index in [1.807, 2.05) is 13.0 Å². The highest BCUT2D eigenvalue weighted by Crippen LogP contribution is 2.39. The molecular formula is C24H25NO3. The summed E-state index contributed by atoms with van der Waals surface area (Å²) in [7, 11) is 0. The Kier molecular flexibility index (Phi) is 4.24. The molecule has 1 aliphatic heterocycles. The Morgan fingerprint density at radius 3 is 2.61 bits per heavy atom. The first kappa shape index (κ1) is 17.5. The van der Waals surface area contributed by atoms with E-state index in [9.17, 15) is 4.79 Å². The molecule has 2 aliphatic rings. The molecule has 1 atom stereocenters. The monoisotopic (exact) mass is 375 g/mol. The number of rotatable bonds is 2. The van der Waals surface area contributed by atoms with Gasteiger partial charge in [-0.25, -0.2) is 4.79 Å². The molecule has 2 heterocycles. The van der Waals surface area contributed by atoms with Crippen LogP contribution in [0.25, 0.3) is 11.0 Å². The second-order valence-electron chi connectivity index (χ2n) is 8.03. The van der Waals surface area contributed by atoms with E-state index in [2.05, 4.69) is 42.2 Å². The van der Waals surface area contributed by atoms with Gasteiger partial charge in [0.15, 0.2) is 0 Å². The first-order valence-electron chi connectivity index (χ1n) is 10.2. The molecule has 1 aromatic heterocycles. The Labute approximate surface area is 164 Å². The summed E-state index contributed by atoms with van der Waals surface area (Å²) in [6, 6.07) is 13.0. The highest BCUT2D eigenvalue weighted by atomic mass is 16.5. The lowest BCUT2D eigenvalue weighted by molar-refractivity contribution is 0.0613. The fourth-order valence-corrected chi connectivity index (χ4v) is 4.71. The summed E-state index contributed by atoms with van der Waals surface area (Å²) in [6.07, 6.45) is 3.99. The number of ether oxygens (including phenoxy) is 1. The maximum atomic E-state index is 12.5. The van der Waals surface area contributed by atoms with Crippen molar-refractivity contribution in [2.45, 2.75) is 52.1 Å². The van der Waals surface area contributed by atoms with E-state index in [-0.39, 0.29) is 11.7 Å². The minimum Gasteiger partial charge on any atom is -0.477 e. The molecule has 2 aromatic carbocycles. The van der Waals surface area contributed by atoms with Crippen LogP contribution in [0.2, 0.25) is 0 Å². The molecule has 0 spiro atoms. The van der Waals surface area contributed by atoms with Crippen molar-refractivity contribution in [3.8, 4) is 5.75 Å². The SMILES string of the molecule is Cc1c2c(cc3c4c(c(=O)oc13)CCCC4)CN([C@H](C)c1ccccc1)CO2. The third-order valence-corrected chi connectivity index (χ3v) is 6.35. The van der Waals surface area contributed by atoms with Crippen molar-refractivity contribution in [2.75, 3.05) is 6.73 Å². The highest BCUT2D eigenvalue weighted by molar-refractivity contribution is 5.87. The summed E-state index contributed by atoms with van der Waals surface area (Å²) in [4.78, 5) is 14.8. The van der Waals surface area contributed by atoms with Crippen LogP contribution >= 0.6 is 0 Å². The summed E-state index contributed by atoms with van der Waals surface area (Å²) in [6.45, 7) is 5.59. The van der Waals surface area contributed by atoms with Gasteiger partial charge in [0.2, 0.25) is 0 Å². The Morgan fingerprint density at radius 1 is 1.07 bits per heavy atom. The average molecular weight is 375 g/mol. The lowest BCUT2D eigenvalue weighted by atomic mass is 9.89. The van der Waals surface area contributed by atoms with Crippen LogP contribution in [0.4, 0.5) is 0 Å². The van der Waals surface area contributed by atoms with E-state index in [1.54, 1.807) is 0 Å². The lowest BCUT2D eigenvalue weighted by Gasteiger charge is -2.34. The van der Waals surface area contributed by atoms with Crippen LogP contribution in [0.5, 0.6) is 5.75 Å². The molecule has 0 saturated carbocycles. The Bertz CT molecular complexity index is 1100. The molecule has 4 heteroatoms. The predicted octanol–water partition coefficient (Wildman–Crippen LogP) is 4.89. The van der Waals surface area contributed by atoms with Crippen molar-refractivity contribution in [1.82, 2.24) is 4.90 Å². The van der Waals surface area contributed by atoms with Gasteiger partial charge in [-0.1, -0.05) is 30.3 Å². The minimum absolute atomic E-state index is 0.166. The van der Waals surface area contributed by atoms with E-state index in [0.29, 0.717) is 12.3 Å². The normalized spacial score (nSPS) is 17.6. The molecular weight excluding hydrogens is 350 g/mol. The van der Waals surface area contributed by atoms with Gasteiger partial charge in [0.25, 0.3) is 0 Å². The second kappa shape index (κ2) is 6.78. The number of nitrogens with zero attached hydrogens (tertiary/aromatic N) is 1. The number of fused-ring (bicyclic) bond motifs is 4. The van der Waals surface area contributed by atoms with Gasteiger partial charge in [0, 0.05) is 34.7 Å². The fraction of sp³-hybridized carbons (Fsp3) is 0.375. The molecule has 0 unspecified atom stereocenters. The van der Waals surface area contributed by atoms with Gasteiger partial charge >= 0.3 is 5.63 Å². The van der Waals surface area contributed by atoms with E-state index in [4.69, 9.17) is 9.15 Å². The van der Waals surface area contributed by atoms with Crippen molar-refractivity contribution in [2.24, 2.45) is 0 Å². The Hall–Kier alpha value is -2.59. The van der Waals surface area contributed by atoms with Crippen LogP contribution in [0.1, 0.15) is 53.6 Å². The van der Waals surface area contributed by atoms with E-state index >= 15 is 0 Å². The minimum atomic E-state index is -0.166. The molecule has 0 N–H and O–H groups in total. The molecule has 1 aliphatic carbocycles. The molecule has 5 rings (SSSR count). The van der Waals surface area contributed by atoms with E-state index in [0.717, 1.165) is 54.5 Å². The second-order valence-corrected chi connectivity index (χ2v) is 8.03. The van der Waals surface area contributed by atoms with Crippen molar-refractivity contribution >= 4 is 11.0 Å². The smallest absolute Gasteiger partial charge is 0.339 e. The zero-order valence-electron chi connectivity index (χ0n) is 16.5. The number of hydrogen-bond donors (Lipinski definition) is 0. The van der Waals surface area contributed by atoms with Crippen LogP contribution in [-0.4, -0.2) is 11.6 Å². The first-order valence-corrected chi connectivity index (χ1v) is 10.2. The molecule has 0 radical (unpaired) electrons. The third-order valence-electron chi connectivity index (χ3n) is 6.35. The zero-order valence-corrected chi connectivity index (χ0v) is 16.5. The van der Waals surface area contributed by atoms with Crippen molar-refractivity contribution in [3.63, 3.8) is 0 Å². The maximum Gasteiger partial charge on any atom is 0.339 e. The fourth-order valence-electron chi connectivity index (χ4n) is 4.71. The van der Waals surface area contributed by atoms with Gasteiger partial charge < -0.3 is 9.15 Å². The molecule has 0 saturated heterocycles. The van der Waals surface area contributed by atoms with Crippen LogP contribution in [0, 0.1) is 6.92 Å². The van der Waals surface area contributed by atoms with Gasteiger partial charge in [0.05, 0.1) is 0 Å². The summed E-state index contributed by atoms with van der Waals surface area (Å²) >= 11 is 0. The predicted molar refractivity (Wildman–Crippen MR) is 110 cm³/mol. The van der Waals surface area contributed by atoms with Crippen LogP contribution < -0.4 is 10.4 Å². The quantitative estimate of drug-likeness (QED) is 0.598. The van der Waals surface area contributed by atoms with Crippen LogP contribution in [0.3, 0.4) is 0 Å². The van der Waals surface area contributed by atoms with Crippen molar-refractivity contribution in [1.29, 1.82) is 0 Å². The van der Waals surface area contributed by atoms with Gasteiger partial charge in [-0.3, -0.25) is 4.90 Å². The molecule has 0 amide bonds. The Morgan fingerprint density at radius 2 is 1.82 bits per heavy atom. The van der Waals surface area contributed by atoms with Crippen molar-refractivity contribution < 1.29 is 9.15 Å². The summed E-state index contributed by atoms with van der Waals surface area (Å²) in [5.74, 6) is 0.878. The van der Waals surface area contributed by atoms with Crippen LogP contribution in [-0.2, 0) is 19.4 Å². The molecule has 0 fully saturated rings. The standard InChI is InChI=1S/C24H25NO3/c1-15-22-18(13-25(14-27-22)16(2)17-8-4-3-5-9-17)12-21-19-10-6-7-11-20(19)24(26)28-23(15)21/h3-5,8-9,12,16H,6-7,10-11,13-14H2,1-2H3/t16-/m1/s1. The Balaban J connectivity index is 1.59. The highest BCUT2D eigenvalue weighted by Gasteiger charge is 2.27. The topological polar surface area (TPSA) is 42.7 Å². The number of benzene rings is 2. The zero-order chi connectivity index (χ0) is 19.3. The van der Waals surface area contributed by atoms with Gasteiger partial charge in [0.1, 0.15) is 18.1 Å². The maximum absolute atomic E-state index is 12.5. The molecule has 0 bridgehead atoms. The summed E-state index contributed by atoms with van der Waals surface area (Å²) in [5.41, 5.74) is 6.02. The molecule has 4 nitrogen and oxygen atoms in total. The number of hydrogen-bond acceptors (Lipinski definition) is 4. The number of aryl methyl sites for hydroxylation is 2. The van der Waals surface area contributed by atoms with Crippen LogP contribution in [0.15, 0.2) is 45.6 Å². The van der Waals surface area contributed by atoms with Gasteiger partial charge in [-0.05, 0) is 56.7 Å². The molecule has 3 aromatic rings. The summed E-state index contributed by atoms with van der Waals surface area (Å²) in [5, 5.41) is 1.10. The van der Waals surface area contributed by atoms with Crippen molar-refractivity contribution in [3.05, 3.63) is 74.6 Å². The molecule has 28 heavy (non-hydrogen) atoms. The van der Waals surface area contributed by atoms with Gasteiger partial charge in [-0.15, -0.1) is 0 Å². The molecule has 144 valence electrons.